The number of ether oxygens (including phenoxy) is 1. The fourth-order valence-corrected chi connectivity index (χ4v) is 4.53. The van der Waals surface area contributed by atoms with Crippen LogP contribution in [0.1, 0.15) is 36.5 Å². The van der Waals surface area contributed by atoms with Crippen LogP contribution in [0.15, 0.2) is 78.9 Å². The van der Waals surface area contributed by atoms with Gasteiger partial charge >= 0.3 is 0 Å². The van der Waals surface area contributed by atoms with E-state index in [1.165, 1.54) is 29.8 Å². The van der Waals surface area contributed by atoms with Gasteiger partial charge in [0.2, 0.25) is 0 Å². The molecule has 1 heterocycles. The minimum Gasteiger partial charge on any atom is -0.497 e. The predicted molar refractivity (Wildman–Crippen MR) is 126 cm³/mol. The highest BCUT2D eigenvalue weighted by Gasteiger charge is 2.35. The summed E-state index contributed by atoms with van der Waals surface area (Å²) in [5.41, 5.74) is 4.28. The molecule has 3 aromatic rings. The number of likely N-dealkylation sites (tertiary alicyclic amines) is 1. The van der Waals surface area contributed by atoms with E-state index in [-0.39, 0.29) is 17.0 Å². The van der Waals surface area contributed by atoms with Crippen molar-refractivity contribution in [2.24, 2.45) is 0 Å². The van der Waals surface area contributed by atoms with Crippen LogP contribution in [0.2, 0.25) is 0 Å². The second kappa shape index (κ2) is 9.66. The topological polar surface area (TPSA) is 12.5 Å². The zero-order chi connectivity index (χ0) is 22.6. The van der Waals surface area contributed by atoms with Gasteiger partial charge in [0.1, 0.15) is 17.4 Å². The van der Waals surface area contributed by atoms with E-state index in [1.807, 2.05) is 6.07 Å². The maximum Gasteiger partial charge on any atom is 0.123 e. The number of rotatable bonds is 7. The Balaban J connectivity index is 1.47. The monoisotopic (exact) mass is 433 g/mol. The molecule has 0 bridgehead atoms. The summed E-state index contributed by atoms with van der Waals surface area (Å²) in [5.74, 6) is 0.371. The Labute approximate surface area is 189 Å². The molecular weight excluding hydrogens is 404 g/mol. The molecule has 0 aromatic heterocycles. The van der Waals surface area contributed by atoms with Crippen LogP contribution in [0.5, 0.6) is 5.75 Å². The summed E-state index contributed by atoms with van der Waals surface area (Å²) in [7, 11) is 1.70. The number of benzene rings is 3. The molecule has 4 rings (SSSR count). The molecule has 3 aromatic carbocycles. The summed E-state index contributed by atoms with van der Waals surface area (Å²) in [6.45, 7) is 5.30. The van der Waals surface area contributed by atoms with Gasteiger partial charge in [-0.05, 0) is 78.0 Å². The average molecular weight is 434 g/mol. The molecule has 4 heteroatoms. The van der Waals surface area contributed by atoms with E-state index in [4.69, 9.17) is 4.74 Å². The van der Waals surface area contributed by atoms with Gasteiger partial charge in [0, 0.05) is 18.5 Å². The van der Waals surface area contributed by atoms with Crippen molar-refractivity contribution >= 4 is 5.57 Å². The number of hydrogen-bond donors (Lipinski definition) is 0. The third-order valence-corrected chi connectivity index (χ3v) is 6.42. The Bertz CT molecular complexity index is 1030. The van der Waals surface area contributed by atoms with Crippen molar-refractivity contribution in [3.05, 3.63) is 107 Å². The van der Waals surface area contributed by atoms with E-state index in [0.29, 0.717) is 0 Å². The lowest BCUT2D eigenvalue weighted by Gasteiger charge is -2.25. The first kappa shape index (κ1) is 22.2. The smallest absolute Gasteiger partial charge is 0.123 e. The maximum absolute atomic E-state index is 13.4. The Hall–Kier alpha value is -2.98. The van der Waals surface area contributed by atoms with Crippen molar-refractivity contribution in [2.45, 2.75) is 25.2 Å². The van der Waals surface area contributed by atoms with Gasteiger partial charge in [-0.3, -0.25) is 0 Å². The van der Waals surface area contributed by atoms with E-state index in [0.717, 1.165) is 54.9 Å². The molecule has 0 unspecified atom stereocenters. The molecule has 0 N–H and O–H groups in total. The highest BCUT2D eigenvalue weighted by molar-refractivity contribution is 5.79. The van der Waals surface area contributed by atoms with E-state index < -0.39 is 0 Å². The summed E-state index contributed by atoms with van der Waals surface area (Å²) >= 11 is 0. The van der Waals surface area contributed by atoms with Gasteiger partial charge in [-0.1, -0.05) is 49.4 Å². The fourth-order valence-electron chi connectivity index (χ4n) is 4.53. The molecule has 0 spiro atoms. The first-order valence-corrected chi connectivity index (χ1v) is 11.1. The molecule has 1 fully saturated rings. The molecule has 0 radical (unpaired) electrons. The molecule has 0 aliphatic carbocycles. The maximum atomic E-state index is 13.4. The molecular formula is C28H29F2NO. The Morgan fingerprint density at radius 3 is 2.19 bits per heavy atom. The third kappa shape index (κ3) is 5.08. The van der Waals surface area contributed by atoms with Crippen LogP contribution in [0, 0.1) is 11.6 Å². The van der Waals surface area contributed by atoms with Crippen LogP contribution >= 0.6 is 0 Å². The molecule has 1 aliphatic rings. The van der Waals surface area contributed by atoms with Gasteiger partial charge < -0.3 is 9.64 Å². The molecule has 0 amide bonds. The first-order chi connectivity index (χ1) is 15.5. The summed E-state index contributed by atoms with van der Waals surface area (Å²) < 4.78 is 32.3. The molecule has 1 saturated heterocycles. The van der Waals surface area contributed by atoms with Gasteiger partial charge in [0.05, 0.1) is 7.11 Å². The van der Waals surface area contributed by atoms with Crippen molar-refractivity contribution in [2.75, 3.05) is 26.7 Å². The van der Waals surface area contributed by atoms with E-state index in [2.05, 4.69) is 36.1 Å². The third-order valence-electron chi connectivity index (χ3n) is 6.42. The zero-order valence-corrected chi connectivity index (χ0v) is 18.7. The molecule has 166 valence electrons. The molecule has 0 saturated carbocycles. The van der Waals surface area contributed by atoms with E-state index >= 15 is 0 Å². The van der Waals surface area contributed by atoms with Crippen molar-refractivity contribution in [1.29, 1.82) is 0 Å². The molecule has 1 aliphatic heterocycles. The normalized spacial score (nSPS) is 18.5. The summed E-state index contributed by atoms with van der Waals surface area (Å²) in [4.78, 5) is 2.49. The van der Waals surface area contributed by atoms with Crippen LogP contribution in [0.25, 0.3) is 5.57 Å². The lowest BCUT2D eigenvalue weighted by Crippen LogP contribution is -2.28. The quantitative estimate of drug-likeness (QED) is 0.424. The Kier molecular flexibility index (Phi) is 6.71. The van der Waals surface area contributed by atoms with E-state index in [1.54, 1.807) is 31.4 Å². The van der Waals surface area contributed by atoms with Crippen molar-refractivity contribution < 1.29 is 13.5 Å². The largest absolute Gasteiger partial charge is 0.497 e. The van der Waals surface area contributed by atoms with Crippen molar-refractivity contribution in [3.8, 4) is 5.75 Å². The molecule has 1 atom stereocenters. The SMILES string of the molecule is COc1cccc([C@]2(C)CCN(CCC=C(c3ccc(F)cc3)c3ccc(F)cc3)C2)c1. The van der Waals surface area contributed by atoms with Gasteiger partial charge in [-0.15, -0.1) is 0 Å². The average Bonchev–Trinajstić information content (AvgIpc) is 3.20. The summed E-state index contributed by atoms with van der Waals surface area (Å²) in [5, 5.41) is 0. The second-order valence-corrected chi connectivity index (χ2v) is 8.74. The van der Waals surface area contributed by atoms with Crippen LogP contribution in [-0.4, -0.2) is 31.6 Å². The number of nitrogens with zero attached hydrogens (tertiary/aromatic N) is 1. The number of hydrogen-bond acceptors (Lipinski definition) is 2. The number of halogens is 2. The van der Waals surface area contributed by atoms with Crippen LogP contribution in [-0.2, 0) is 5.41 Å². The predicted octanol–water partition coefficient (Wildman–Crippen LogP) is 6.46. The second-order valence-electron chi connectivity index (χ2n) is 8.74. The fraction of sp³-hybridized carbons (Fsp3) is 0.286. The van der Waals surface area contributed by atoms with Gasteiger partial charge in [-0.25, -0.2) is 8.78 Å². The van der Waals surface area contributed by atoms with Crippen molar-refractivity contribution in [1.82, 2.24) is 4.90 Å². The van der Waals surface area contributed by atoms with Crippen LogP contribution < -0.4 is 4.74 Å². The Morgan fingerprint density at radius 1 is 0.969 bits per heavy atom. The first-order valence-electron chi connectivity index (χ1n) is 11.1. The van der Waals surface area contributed by atoms with Crippen molar-refractivity contribution in [3.63, 3.8) is 0 Å². The Morgan fingerprint density at radius 2 is 1.59 bits per heavy atom. The molecule has 2 nitrogen and oxygen atoms in total. The van der Waals surface area contributed by atoms with Gasteiger partial charge in [-0.2, -0.15) is 0 Å². The lowest BCUT2D eigenvalue weighted by molar-refractivity contribution is 0.322. The standard InChI is InChI=1S/C28H29F2NO/c1-28(23-5-3-6-26(19-23)32-2)16-18-31(20-28)17-4-7-27(21-8-12-24(29)13-9-21)22-10-14-25(30)15-11-22/h3,5-15,19H,4,16-18,20H2,1-2H3/t28-/m1/s1. The zero-order valence-electron chi connectivity index (χ0n) is 18.7. The minimum absolute atomic E-state index is 0.106. The minimum atomic E-state index is -0.263. The summed E-state index contributed by atoms with van der Waals surface area (Å²) in [6, 6.07) is 21.3. The van der Waals surface area contributed by atoms with Gasteiger partial charge in [0.25, 0.3) is 0 Å². The van der Waals surface area contributed by atoms with E-state index in [9.17, 15) is 8.78 Å². The lowest BCUT2D eigenvalue weighted by atomic mass is 9.82. The summed E-state index contributed by atoms with van der Waals surface area (Å²) in [6.07, 6.45) is 4.15. The highest BCUT2D eigenvalue weighted by Crippen LogP contribution is 2.35. The molecule has 32 heavy (non-hydrogen) atoms. The van der Waals surface area contributed by atoms with Crippen LogP contribution in [0.3, 0.4) is 0 Å². The van der Waals surface area contributed by atoms with Gasteiger partial charge in [0.15, 0.2) is 0 Å². The number of methoxy groups -OCH3 is 1. The highest BCUT2D eigenvalue weighted by atomic mass is 19.1. The van der Waals surface area contributed by atoms with Crippen LogP contribution in [0.4, 0.5) is 8.78 Å².